The van der Waals surface area contributed by atoms with E-state index in [-0.39, 0.29) is 5.43 Å². The van der Waals surface area contributed by atoms with Crippen molar-refractivity contribution in [1.29, 1.82) is 0 Å². The molecule has 2 rings (SSSR count). The highest BCUT2D eigenvalue weighted by Crippen LogP contribution is 2.11. The first-order valence-corrected chi connectivity index (χ1v) is 5.03. The van der Waals surface area contributed by atoms with Gasteiger partial charge in [-0.05, 0) is 13.8 Å². The quantitative estimate of drug-likeness (QED) is 0.783. The first-order chi connectivity index (χ1) is 7.58. The third-order valence-corrected chi connectivity index (χ3v) is 2.63. The Hall–Kier alpha value is -2.04. The van der Waals surface area contributed by atoms with Crippen LogP contribution in [0.25, 0.3) is 0 Å². The fourth-order valence-electron chi connectivity index (χ4n) is 1.75. The van der Waals surface area contributed by atoms with Gasteiger partial charge in [0.2, 0.25) is 0 Å². The van der Waals surface area contributed by atoms with E-state index >= 15 is 0 Å². The number of nitrogen functional groups attached to an aromatic ring is 1. The van der Waals surface area contributed by atoms with Crippen molar-refractivity contribution in [2.75, 3.05) is 5.73 Å². The molecule has 0 aromatic carbocycles. The summed E-state index contributed by atoms with van der Waals surface area (Å²) in [5.41, 5.74) is 8.53. The van der Waals surface area contributed by atoms with Crippen molar-refractivity contribution in [3.05, 3.63) is 45.5 Å². The predicted octanol–water partition coefficient (Wildman–Crippen LogP) is 0.819. The normalized spacial score (nSPS) is 10.6. The highest BCUT2D eigenvalue weighted by atomic mass is 16.1. The third-order valence-electron chi connectivity index (χ3n) is 2.63. The van der Waals surface area contributed by atoms with Crippen LogP contribution in [0.1, 0.15) is 17.0 Å². The van der Waals surface area contributed by atoms with Gasteiger partial charge in [0.15, 0.2) is 5.43 Å². The van der Waals surface area contributed by atoms with Crippen molar-refractivity contribution in [1.82, 2.24) is 14.8 Å². The van der Waals surface area contributed by atoms with Crippen molar-refractivity contribution in [3.63, 3.8) is 0 Å². The van der Waals surface area contributed by atoms with Gasteiger partial charge < -0.3 is 10.3 Å². The molecule has 5 nitrogen and oxygen atoms in total. The SMILES string of the molecule is Cc1cc(=O)cc(C)n1Cc1cn[nH]c1N. The molecule has 0 saturated carbocycles. The average Bonchev–Trinajstić information content (AvgIpc) is 2.57. The van der Waals surface area contributed by atoms with Crippen LogP contribution in [0.3, 0.4) is 0 Å². The zero-order valence-corrected chi connectivity index (χ0v) is 9.32. The van der Waals surface area contributed by atoms with Crippen LogP contribution in [0, 0.1) is 13.8 Å². The largest absolute Gasteiger partial charge is 0.384 e. The van der Waals surface area contributed by atoms with E-state index < -0.39 is 0 Å². The molecule has 0 bridgehead atoms. The topological polar surface area (TPSA) is 76.7 Å². The maximum absolute atomic E-state index is 11.3. The summed E-state index contributed by atoms with van der Waals surface area (Å²) in [5.74, 6) is 0.567. The summed E-state index contributed by atoms with van der Waals surface area (Å²) >= 11 is 0. The van der Waals surface area contributed by atoms with Gasteiger partial charge in [0.1, 0.15) is 5.82 Å². The summed E-state index contributed by atoms with van der Waals surface area (Å²) < 4.78 is 2.03. The summed E-state index contributed by atoms with van der Waals surface area (Å²) in [7, 11) is 0. The number of nitrogens with two attached hydrogens (primary N) is 1. The molecule has 0 amide bonds. The molecule has 0 fully saturated rings. The zero-order valence-electron chi connectivity index (χ0n) is 9.32. The summed E-state index contributed by atoms with van der Waals surface area (Å²) in [5, 5.41) is 6.56. The van der Waals surface area contributed by atoms with Gasteiger partial charge in [0.25, 0.3) is 0 Å². The second kappa shape index (κ2) is 3.84. The standard InChI is InChI=1S/C11H14N4O/c1-7-3-10(16)4-8(2)15(7)6-9-5-13-14-11(9)12/h3-5H,6H2,1-2H3,(H3,12,13,14). The Labute approximate surface area is 92.9 Å². The van der Waals surface area contributed by atoms with Gasteiger partial charge in [-0.25, -0.2) is 0 Å². The second-order valence-corrected chi connectivity index (χ2v) is 3.87. The Morgan fingerprint density at radius 2 is 2.00 bits per heavy atom. The lowest BCUT2D eigenvalue weighted by molar-refractivity contribution is 0.729. The average molecular weight is 218 g/mol. The zero-order chi connectivity index (χ0) is 11.7. The molecule has 2 aromatic heterocycles. The maximum Gasteiger partial charge on any atom is 0.182 e. The monoisotopic (exact) mass is 218 g/mol. The number of anilines is 1. The van der Waals surface area contributed by atoms with E-state index in [2.05, 4.69) is 10.2 Å². The van der Waals surface area contributed by atoms with Crippen molar-refractivity contribution < 1.29 is 0 Å². The minimum absolute atomic E-state index is 0.0337. The number of hydrogen-bond acceptors (Lipinski definition) is 3. The number of H-pyrrole nitrogens is 1. The van der Waals surface area contributed by atoms with Crippen LogP contribution in [0.2, 0.25) is 0 Å². The molecule has 3 N–H and O–H groups in total. The summed E-state index contributed by atoms with van der Waals surface area (Å²) in [4.78, 5) is 11.3. The highest BCUT2D eigenvalue weighted by molar-refractivity contribution is 5.37. The molecule has 5 heteroatoms. The van der Waals surface area contributed by atoms with E-state index in [4.69, 9.17) is 5.73 Å². The molecule has 84 valence electrons. The van der Waals surface area contributed by atoms with Crippen molar-refractivity contribution >= 4 is 5.82 Å². The second-order valence-electron chi connectivity index (χ2n) is 3.87. The van der Waals surface area contributed by atoms with Crippen molar-refractivity contribution in [3.8, 4) is 0 Å². The van der Waals surface area contributed by atoms with Gasteiger partial charge in [-0.3, -0.25) is 9.89 Å². The minimum Gasteiger partial charge on any atom is -0.384 e. The number of aromatic amines is 1. The summed E-state index contributed by atoms with van der Waals surface area (Å²) in [6.07, 6.45) is 1.70. The number of aromatic nitrogens is 3. The van der Waals surface area contributed by atoms with Gasteiger partial charge in [-0.2, -0.15) is 5.10 Å². The molecular formula is C11H14N4O. The highest BCUT2D eigenvalue weighted by Gasteiger charge is 2.06. The Bertz CT molecular complexity index is 541. The fraction of sp³-hybridized carbons (Fsp3) is 0.273. The van der Waals surface area contributed by atoms with Crippen LogP contribution >= 0.6 is 0 Å². The smallest absolute Gasteiger partial charge is 0.182 e. The Kier molecular flexibility index (Phi) is 2.52. The van der Waals surface area contributed by atoms with E-state index in [1.165, 1.54) is 0 Å². The molecule has 0 atom stereocenters. The summed E-state index contributed by atoms with van der Waals surface area (Å²) in [6, 6.07) is 3.23. The molecule has 0 aliphatic heterocycles. The first-order valence-electron chi connectivity index (χ1n) is 5.03. The Balaban J connectivity index is 2.43. The Morgan fingerprint density at radius 3 is 2.50 bits per heavy atom. The fourth-order valence-corrected chi connectivity index (χ4v) is 1.75. The Morgan fingerprint density at radius 1 is 1.38 bits per heavy atom. The lowest BCUT2D eigenvalue weighted by Gasteiger charge is -2.13. The van der Waals surface area contributed by atoms with Gasteiger partial charge >= 0.3 is 0 Å². The van der Waals surface area contributed by atoms with E-state index in [1.54, 1.807) is 18.3 Å². The predicted molar refractivity (Wildman–Crippen MR) is 62.3 cm³/mol. The lowest BCUT2D eigenvalue weighted by Crippen LogP contribution is -2.14. The molecule has 0 radical (unpaired) electrons. The molecule has 0 saturated heterocycles. The molecule has 16 heavy (non-hydrogen) atoms. The van der Waals surface area contributed by atoms with Crippen LogP contribution in [0.5, 0.6) is 0 Å². The minimum atomic E-state index is 0.0337. The van der Waals surface area contributed by atoms with E-state index in [1.807, 2.05) is 18.4 Å². The molecule has 2 heterocycles. The molecular weight excluding hydrogens is 204 g/mol. The van der Waals surface area contributed by atoms with Gasteiger partial charge in [-0.1, -0.05) is 0 Å². The van der Waals surface area contributed by atoms with Gasteiger partial charge in [0, 0.05) is 29.1 Å². The van der Waals surface area contributed by atoms with Crippen molar-refractivity contribution in [2.24, 2.45) is 0 Å². The molecule has 0 aliphatic carbocycles. The number of pyridine rings is 1. The molecule has 0 aliphatic rings. The molecule has 0 unspecified atom stereocenters. The number of hydrogen-bond donors (Lipinski definition) is 2. The molecule has 0 spiro atoms. The maximum atomic E-state index is 11.3. The number of nitrogens with one attached hydrogen (secondary N) is 1. The number of nitrogens with zero attached hydrogens (tertiary/aromatic N) is 2. The third kappa shape index (κ3) is 1.84. The van der Waals surface area contributed by atoms with Gasteiger partial charge in [0.05, 0.1) is 12.7 Å². The van der Waals surface area contributed by atoms with Crippen molar-refractivity contribution in [2.45, 2.75) is 20.4 Å². The van der Waals surface area contributed by atoms with E-state index in [0.717, 1.165) is 17.0 Å². The lowest BCUT2D eigenvalue weighted by atomic mass is 10.2. The van der Waals surface area contributed by atoms with E-state index in [0.29, 0.717) is 12.4 Å². The molecule has 2 aromatic rings. The first kappa shape index (κ1) is 10.5. The van der Waals surface area contributed by atoms with Crippen LogP contribution < -0.4 is 11.2 Å². The van der Waals surface area contributed by atoms with Crippen LogP contribution in [-0.2, 0) is 6.54 Å². The van der Waals surface area contributed by atoms with Crippen LogP contribution in [0.4, 0.5) is 5.82 Å². The van der Waals surface area contributed by atoms with Crippen LogP contribution in [0.15, 0.2) is 23.1 Å². The number of rotatable bonds is 2. The summed E-state index contributed by atoms with van der Waals surface area (Å²) in [6.45, 7) is 4.44. The van der Waals surface area contributed by atoms with Gasteiger partial charge in [-0.15, -0.1) is 0 Å². The number of aryl methyl sites for hydroxylation is 2. The van der Waals surface area contributed by atoms with E-state index in [9.17, 15) is 4.79 Å². The van der Waals surface area contributed by atoms with Crippen LogP contribution in [-0.4, -0.2) is 14.8 Å².